The molecule has 2 aromatic carbocycles. The van der Waals surface area contributed by atoms with Crippen molar-refractivity contribution in [1.82, 2.24) is 0 Å². The number of carbonyl (C=O) groups is 1. The summed E-state index contributed by atoms with van der Waals surface area (Å²) in [6, 6.07) is 10.3. The summed E-state index contributed by atoms with van der Waals surface area (Å²) in [7, 11) is -0.0510. The van der Waals surface area contributed by atoms with Gasteiger partial charge in [-0.15, -0.1) is 0 Å². The molecule has 2 aromatic rings. The minimum Gasteiger partial charge on any atom is -0.497 e. The van der Waals surface area contributed by atoms with E-state index in [0.29, 0.717) is 10.8 Å². The quantitative estimate of drug-likeness (QED) is 0.666. The van der Waals surface area contributed by atoms with Crippen molar-refractivity contribution in [3.05, 3.63) is 47.5 Å². The molecule has 0 aromatic heterocycles. The van der Waals surface area contributed by atoms with Crippen molar-refractivity contribution in [2.24, 2.45) is 0 Å². The molecular weight excluding hydrogens is 382 g/mol. The van der Waals surface area contributed by atoms with Crippen LogP contribution in [0.4, 0.5) is 5.69 Å². The van der Waals surface area contributed by atoms with E-state index < -0.39 is 22.5 Å². The number of hydrogen-bond donors (Lipinski definition) is 0. The van der Waals surface area contributed by atoms with E-state index in [2.05, 4.69) is 4.74 Å². The summed E-state index contributed by atoms with van der Waals surface area (Å²) in [5, 5.41) is 0.292. The number of ether oxygens (including phenoxy) is 3. The van der Waals surface area contributed by atoms with Crippen LogP contribution in [0.1, 0.15) is 0 Å². The molecule has 0 atom stereocenters. The number of carbonyl (C=O) groups excluding carboxylic acids is 1. The minimum absolute atomic E-state index is 0.0239. The highest BCUT2D eigenvalue weighted by Crippen LogP contribution is 2.35. The van der Waals surface area contributed by atoms with Gasteiger partial charge in [-0.1, -0.05) is 11.6 Å². The standard InChI is InChI=1S/C17H18ClNO6S/c1-23-13-5-7-14(8-6-13)26(21,22)19(11-17(20)25-3)15-10-12(18)4-9-16(15)24-2/h4-10H,11H2,1-3H3. The zero-order valence-electron chi connectivity index (χ0n) is 14.4. The fourth-order valence-electron chi connectivity index (χ4n) is 2.21. The third kappa shape index (κ3) is 4.20. The molecule has 0 aliphatic heterocycles. The molecule has 2 rings (SSSR count). The summed E-state index contributed by atoms with van der Waals surface area (Å²) in [4.78, 5) is 11.8. The Labute approximate surface area is 157 Å². The second-order valence-corrected chi connectivity index (χ2v) is 7.38. The summed E-state index contributed by atoms with van der Waals surface area (Å²) in [6.07, 6.45) is 0. The fourth-order valence-corrected chi connectivity index (χ4v) is 3.79. The van der Waals surface area contributed by atoms with E-state index in [-0.39, 0.29) is 16.3 Å². The van der Waals surface area contributed by atoms with Gasteiger partial charge in [0.15, 0.2) is 0 Å². The molecule has 0 N–H and O–H groups in total. The molecule has 26 heavy (non-hydrogen) atoms. The monoisotopic (exact) mass is 399 g/mol. The van der Waals surface area contributed by atoms with E-state index >= 15 is 0 Å². The van der Waals surface area contributed by atoms with Crippen molar-refractivity contribution in [3.63, 3.8) is 0 Å². The number of benzene rings is 2. The highest BCUT2D eigenvalue weighted by Gasteiger charge is 2.30. The molecule has 140 valence electrons. The lowest BCUT2D eigenvalue weighted by atomic mass is 10.3. The van der Waals surface area contributed by atoms with Crippen LogP contribution in [0.2, 0.25) is 5.02 Å². The number of hydrogen-bond acceptors (Lipinski definition) is 6. The van der Waals surface area contributed by atoms with Crippen molar-refractivity contribution in [3.8, 4) is 11.5 Å². The van der Waals surface area contributed by atoms with Gasteiger partial charge in [-0.05, 0) is 42.5 Å². The summed E-state index contributed by atoms with van der Waals surface area (Å²) in [5.74, 6) is 0.0170. The Bertz CT molecular complexity index is 883. The molecule has 7 nitrogen and oxygen atoms in total. The maximum absolute atomic E-state index is 13.1. The van der Waals surface area contributed by atoms with Gasteiger partial charge in [0.05, 0.1) is 31.9 Å². The van der Waals surface area contributed by atoms with Gasteiger partial charge in [0.25, 0.3) is 10.0 Å². The van der Waals surface area contributed by atoms with Crippen molar-refractivity contribution < 1.29 is 27.4 Å². The molecular formula is C17H18ClNO6S. The zero-order chi connectivity index (χ0) is 19.3. The molecule has 0 bridgehead atoms. The molecule has 0 aliphatic carbocycles. The van der Waals surface area contributed by atoms with Crippen LogP contribution in [0, 0.1) is 0 Å². The largest absolute Gasteiger partial charge is 0.497 e. The van der Waals surface area contributed by atoms with Crippen molar-refractivity contribution >= 4 is 33.3 Å². The average molecular weight is 400 g/mol. The molecule has 0 fully saturated rings. The van der Waals surface area contributed by atoms with Gasteiger partial charge in [0.2, 0.25) is 0 Å². The molecule has 9 heteroatoms. The number of rotatable bonds is 7. The summed E-state index contributed by atoms with van der Waals surface area (Å²) >= 11 is 6.01. The van der Waals surface area contributed by atoms with E-state index in [1.807, 2.05) is 0 Å². The topological polar surface area (TPSA) is 82.1 Å². The normalized spacial score (nSPS) is 10.9. The second-order valence-electron chi connectivity index (χ2n) is 5.08. The number of methoxy groups -OCH3 is 3. The van der Waals surface area contributed by atoms with Crippen LogP contribution in [0.15, 0.2) is 47.4 Å². The molecule has 0 heterocycles. The Morgan fingerprint density at radius 3 is 2.23 bits per heavy atom. The minimum atomic E-state index is -4.10. The highest BCUT2D eigenvalue weighted by molar-refractivity contribution is 7.92. The summed E-state index contributed by atoms with van der Waals surface area (Å²) < 4.78 is 42.1. The second kappa shape index (κ2) is 8.29. The molecule has 0 radical (unpaired) electrons. The maximum Gasteiger partial charge on any atom is 0.326 e. The van der Waals surface area contributed by atoms with Gasteiger partial charge in [-0.3, -0.25) is 9.10 Å². The predicted molar refractivity (Wildman–Crippen MR) is 97.5 cm³/mol. The van der Waals surface area contributed by atoms with E-state index in [0.717, 1.165) is 4.31 Å². The first-order chi connectivity index (χ1) is 12.3. The van der Waals surface area contributed by atoms with Crippen LogP contribution in [-0.2, 0) is 19.6 Å². The summed E-state index contributed by atoms with van der Waals surface area (Å²) in [6.45, 7) is -0.540. The van der Waals surface area contributed by atoms with Crippen LogP contribution in [-0.4, -0.2) is 42.3 Å². The maximum atomic E-state index is 13.1. The number of esters is 1. The van der Waals surface area contributed by atoms with Crippen molar-refractivity contribution in [2.75, 3.05) is 32.2 Å². The molecule has 0 saturated carbocycles. The van der Waals surface area contributed by atoms with Crippen LogP contribution < -0.4 is 13.8 Å². The lowest BCUT2D eigenvalue weighted by Gasteiger charge is -2.25. The first kappa shape index (κ1) is 19.9. The molecule has 0 aliphatic rings. The smallest absolute Gasteiger partial charge is 0.326 e. The Kier molecular flexibility index (Phi) is 6.33. The lowest BCUT2D eigenvalue weighted by Crippen LogP contribution is -2.36. The molecule has 0 unspecified atom stereocenters. The fraction of sp³-hybridized carbons (Fsp3) is 0.235. The number of anilines is 1. The predicted octanol–water partition coefficient (Wildman–Crippen LogP) is 2.73. The van der Waals surface area contributed by atoms with E-state index in [4.69, 9.17) is 21.1 Å². The van der Waals surface area contributed by atoms with Gasteiger partial charge < -0.3 is 14.2 Å². The van der Waals surface area contributed by atoms with E-state index in [1.54, 1.807) is 6.07 Å². The van der Waals surface area contributed by atoms with Gasteiger partial charge >= 0.3 is 5.97 Å². The van der Waals surface area contributed by atoms with Crippen molar-refractivity contribution in [1.29, 1.82) is 0 Å². The third-order valence-corrected chi connectivity index (χ3v) is 5.57. The third-order valence-electron chi connectivity index (χ3n) is 3.56. The Morgan fingerprint density at radius 1 is 1.04 bits per heavy atom. The SMILES string of the molecule is COC(=O)CN(c1cc(Cl)ccc1OC)S(=O)(=O)c1ccc(OC)cc1. The van der Waals surface area contributed by atoms with Crippen molar-refractivity contribution in [2.45, 2.75) is 4.90 Å². The zero-order valence-corrected chi connectivity index (χ0v) is 16.0. The van der Waals surface area contributed by atoms with Crippen LogP contribution in [0.3, 0.4) is 0 Å². The molecule has 0 saturated heterocycles. The molecule has 0 spiro atoms. The Balaban J connectivity index is 2.60. The van der Waals surface area contributed by atoms with Crippen LogP contribution in [0.5, 0.6) is 11.5 Å². The first-order valence-corrected chi connectivity index (χ1v) is 9.22. The Hall–Kier alpha value is -2.45. The van der Waals surface area contributed by atoms with E-state index in [1.165, 1.54) is 57.7 Å². The number of halogens is 1. The van der Waals surface area contributed by atoms with Gasteiger partial charge in [0, 0.05) is 5.02 Å². The number of sulfonamides is 1. The first-order valence-electron chi connectivity index (χ1n) is 7.40. The molecule has 0 amide bonds. The van der Waals surface area contributed by atoms with Gasteiger partial charge in [-0.2, -0.15) is 0 Å². The number of nitrogens with zero attached hydrogens (tertiary/aromatic N) is 1. The Morgan fingerprint density at radius 2 is 1.69 bits per heavy atom. The highest BCUT2D eigenvalue weighted by atomic mass is 35.5. The lowest BCUT2D eigenvalue weighted by molar-refractivity contribution is -0.138. The van der Waals surface area contributed by atoms with Gasteiger partial charge in [0.1, 0.15) is 18.0 Å². The van der Waals surface area contributed by atoms with E-state index in [9.17, 15) is 13.2 Å². The van der Waals surface area contributed by atoms with Gasteiger partial charge in [-0.25, -0.2) is 8.42 Å². The average Bonchev–Trinajstić information content (AvgIpc) is 2.65. The van der Waals surface area contributed by atoms with Crippen LogP contribution >= 0.6 is 11.6 Å². The summed E-state index contributed by atoms with van der Waals surface area (Å²) in [5.41, 5.74) is 0.126. The van der Waals surface area contributed by atoms with Crippen LogP contribution in [0.25, 0.3) is 0 Å².